The van der Waals surface area contributed by atoms with Gasteiger partial charge in [0.1, 0.15) is 9.88 Å². The minimum Gasteiger partial charge on any atom is -0.322 e. The first-order chi connectivity index (χ1) is 14.1. The zero-order valence-corrected chi connectivity index (χ0v) is 17.0. The number of pyridine rings is 1. The Morgan fingerprint density at radius 1 is 0.931 bits per heavy atom. The summed E-state index contributed by atoms with van der Waals surface area (Å²) in [7, 11) is 0. The molecule has 0 radical (unpaired) electrons. The molecule has 3 heterocycles. The van der Waals surface area contributed by atoms with Gasteiger partial charge in [0.05, 0.1) is 10.6 Å². The number of aryl methyl sites for hydroxylation is 1. The Kier molecular flexibility index (Phi) is 5.46. The van der Waals surface area contributed by atoms with Crippen molar-refractivity contribution in [1.29, 1.82) is 0 Å². The molecule has 0 aliphatic rings. The van der Waals surface area contributed by atoms with E-state index in [9.17, 15) is 9.59 Å². The maximum Gasteiger partial charge on any atom is 0.267 e. The molecule has 4 rings (SSSR count). The standard InChI is InChI=1S/C21H16N4O2S2/c1-13-18(29-21(23-13)17-6-3-11-28-17)20(27)25-16-5-2-4-14(12-16)19(26)24-15-7-9-22-10-8-15/h2-12H,1H3,(H,25,27)(H,22,24,26). The molecule has 6 nitrogen and oxygen atoms in total. The number of thiophene rings is 1. The largest absolute Gasteiger partial charge is 0.322 e. The molecule has 8 heteroatoms. The van der Waals surface area contributed by atoms with E-state index in [1.807, 2.05) is 24.4 Å². The van der Waals surface area contributed by atoms with Crippen molar-refractivity contribution in [3.8, 4) is 9.88 Å². The van der Waals surface area contributed by atoms with Crippen LogP contribution in [0.5, 0.6) is 0 Å². The Morgan fingerprint density at radius 2 is 1.72 bits per heavy atom. The third kappa shape index (κ3) is 4.39. The highest BCUT2D eigenvalue weighted by molar-refractivity contribution is 7.22. The molecule has 0 saturated carbocycles. The van der Waals surface area contributed by atoms with Crippen molar-refractivity contribution in [3.63, 3.8) is 0 Å². The number of aromatic nitrogens is 2. The molecule has 0 bridgehead atoms. The highest BCUT2D eigenvalue weighted by atomic mass is 32.1. The van der Waals surface area contributed by atoms with Gasteiger partial charge in [-0.05, 0) is 48.7 Å². The quantitative estimate of drug-likeness (QED) is 0.472. The number of carbonyl (C=O) groups excluding carboxylic acids is 2. The van der Waals surface area contributed by atoms with Gasteiger partial charge in [-0.3, -0.25) is 14.6 Å². The maximum absolute atomic E-state index is 12.7. The number of carbonyl (C=O) groups is 2. The van der Waals surface area contributed by atoms with E-state index in [1.54, 1.807) is 60.1 Å². The maximum atomic E-state index is 12.7. The molecule has 3 aromatic heterocycles. The number of hydrogen-bond acceptors (Lipinski definition) is 6. The molecule has 0 unspecified atom stereocenters. The highest BCUT2D eigenvalue weighted by Gasteiger charge is 2.17. The van der Waals surface area contributed by atoms with Crippen molar-refractivity contribution >= 4 is 45.9 Å². The molecule has 4 aromatic rings. The van der Waals surface area contributed by atoms with Crippen LogP contribution < -0.4 is 10.6 Å². The van der Waals surface area contributed by atoms with Crippen molar-refractivity contribution in [1.82, 2.24) is 9.97 Å². The van der Waals surface area contributed by atoms with Crippen LogP contribution in [0.3, 0.4) is 0 Å². The Bertz CT molecular complexity index is 1150. The molecule has 0 aliphatic carbocycles. The van der Waals surface area contributed by atoms with Crippen LogP contribution in [0, 0.1) is 6.92 Å². The van der Waals surface area contributed by atoms with E-state index in [1.165, 1.54) is 11.3 Å². The third-order valence-corrected chi connectivity index (χ3v) is 6.25. The van der Waals surface area contributed by atoms with Crippen molar-refractivity contribution in [3.05, 3.63) is 82.4 Å². The van der Waals surface area contributed by atoms with E-state index in [0.29, 0.717) is 27.5 Å². The fraction of sp³-hybridized carbons (Fsp3) is 0.0476. The summed E-state index contributed by atoms with van der Waals surface area (Å²) >= 11 is 2.95. The number of benzene rings is 1. The van der Waals surface area contributed by atoms with Crippen LogP contribution in [0.2, 0.25) is 0 Å². The lowest BCUT2D eigenvalue weighted by Gasteiger charge is -2.08. The lowest BCUT2D eigenvalue weighted by atomic mass is 10.2. The van der Waals surface area contributed by atoms with E-state index >= 15 is 0 Å². The van der Waals surface area contributed by atoms with Crippen molar-refractivity contribution in [2.24, 2.45) is 0 Å². The minimum atomic E-state index is -0.263. The first-order valence-corrected chi connectivity index (χ1v) is 10.4. The first kappa shape index (κ1) is 19.0. The van der Waals surface area contributed by atoms with Gasteiger partial charge in [-0.15, -0.1) is 22.7 Å². The number of anilines is 2. The summed E-state index contributed by atoms with van der Waals surface area (Å²) in [5.41, 5.74) is 2.33. The molecule has 0 atom stereocenters. The molecule has 2 amide bonds. The molecule has 29 heavy (non-hydrogen) atoms. The van der Waals surface area contributed by atoms with Crippen molar-refractivity contribution in [2.45, 2.75) is 6.92 Å². The Hall–Kier alpha value is -3.36. The topological polar surface area (TPSA) is 84.0 Å². The van der Waals surface area contributed by atoms with Gasteiger partial charge in [0.2, 0.25) is 0 Å². The van der Waals surface area contributed by atoms with Gasteiger partial charge in [0.25, 0.3) is 11.8 Å². The number of nitrogens with zero attached hydrogens (tertiary/aromatic N) is 2. The average molecular weight is 421 g/mol. The average Bonchev–Trinajstić information content (AvgIpc) is 3.38. The summed E-state index contributed by atoms with van der Waals surface area (Å²) in [4.78, 5) is 35.2. The fourth-order valence-corrected chi connectivity index (χ4v) is 4.44. The summed E-state index contributed by atoms with van der Waals surface area (Å²) in [6.07, 6.45) is 3.21. The lowest BCUT2D eigenvalue weighted by Crippen LogP contribution is -2.14. The molecular formula is C21H16N4O2S2. The molecule has 2 N–H and O–H groups in total. The number of nitrogens with one attached hydrogen (secondary N) is 2. The van der Waals surface area contributed by atoms with Crippen LogP contribution in [-0.4, -0.2) is 21.8 Å². The van der Waals surface area contributed by atoms with Gasteiger partial charge < -0.3 is 10.6 Å². The van der Waals surface area contributed by atoms with Gasteiger partial charge >= 0.3 is 0 Å². The van der Waals surface area contributed by atoms with Gasteiger partial charge in [0.15, 0.2) is 0 Å². The number of rotatable bonds is 5. The highest BCUT2D eigenvalue weighted by Crippen LogP contribution is 2.31. The zero-order valence-electron chi connectivity index (χ0n) is 15.4. The monoisotopic (exact) mass is 420 g/mol. The Balaban J connectivity index is 1.49. The number of amides is 2. The minimum absolute atomic E-state index is 0.241. The summed E-state index contributed by atoms with van der Waals surface area (Å²) in [6, 6.07) is 14.2. The molecule has 0 saturated heterocycles. The molecular weight excluding hydrogens is 404 g/mol. The van der Waals surface area contributed by atoms with E-state index in [-0.39, 0.29) is 11.8 Å². The van der Waals surface area contributed by atoms with E-state index < -0.39 is 0 Å². The second-order valence-corrected chi connectivity index (χ2v) is 8.08. The van der Waals surface area contributed by atoms with Crippen LogP contribution in [0.25, 0.3) is 9.88 Å². The van der Waals surface area contributed by atoms with Crippen molar-refractivity contribution in [2.75, 3.05) is 10.6 Å². The Labute approximate surface area is 175 Å². The normalized spacial score (nSPS) is 10.5. The number of thiazole rings is 1. The van der Waals surface area contributed by atoms with Gasteiger partial charge in [0, 0.05) is 29.3 Å². The third-order valence-electron chi connectivity index (χ3n) is 4.06. The zero-order chi connectivity index (χ0) is 20.2. The number of hydrogen-bond donors (Lipinski definition) is 2. The van der Waals surface area contributed by atoms with Crippen LogP contribution in [0.15, 0.2) is 66.3 Å². The fourth-order valence-electron chi connectivity index (χ4n) is 2.68. The summed E-state index contributed by atoms with van der Waals surface area (Å²) in [6.45, 7) is 1.82. The lowest BCUT2D eigenvalue weighted by molar-refractivity contribution is 0.101. The molecule has 0 aliphatic heterocycles. The second kappa shape index (κ2) is 8.34. The van der Waals surface area contributed by atoms with Crippen molar-refractivity contribution < 1.29 is 9.59 Å². The van der Waals surface area contributed by atoms with E-state index in [0.717, 1.165) is 9.88 Å². The first-order valence-electron chi connectivity index (χ1n) is 8.74. The molecule has 0 spiro atoms. The summed E-state index contributed by atoms with van der Waals surface area (Å²) in [5, 5.41) is 8.47. The molecule has 144 valence electrons. The Morgan fingerprint density at radius 3 is 2.48 bits per heavy atom. The summed E-state index contributed by atoms with van der Waals surface area (Å²) in [5.74, 6) is -0.504. The molecule has 0 fully saturated rings. The second-order valence-electron chi connectivity index (χ2n) is 6.14. The predicted octanol–water partition coefficient (Wildman–Crippen LogP) is 5.08. The van der Waals surface area contributed by atoms with Crippen LogP contribution >= 0.6 is 22.7 Å². The van der Waals surface area contributed by atoms with E-state index in [2.05, 4.69) is 20.6 Å². The molecule has 1 aromatic carbocycles. The van der Waals surface area contributed by atoms with Crippen LogP contribution in [0.1, 0.15) is 25.7 Å². The predicted molar refractivity (Wildman–Crippen MR) is 117 cm³/mol. The summed E-state index contributed by atoms with van der Waals surface area (Å²) < 4.78 is 0. The van der Waals surface area contributed by atoms with Crippen LogP contribution in [-0.2, 0) is 0 Å². The van der Waals surface area contributed by atoms with Gasteiger partial charge in [-0.2, -0.15) is 0 Å². The van der Waals surface area contributed by atoms with Gasteiger partial charge in [-0.25, -0.2) is 4.98 Å². The van der Waals surface area contributed by atoms with Gasteiger partial charge in [-0.1, -0.05) is 12.1 Å². The van der Waals surface area contributed by atoms with E-state index in [4.69, 9.17) is 0 Å². The van der Waals surface area contributed by atoms with Crippen LogP contribution in [0.4, 0.5) is 11.4 Å². The smallest absolute Gasteiger partial charge is 0.267 e. The SMILES string of the molecule is Cc1nc(-c2cccs2)sc1C(=O)Nc1cccc(C(=O)Nc2ccncc2)c1.